The lowest BCUT2D eigenvalue weighted by molar-refractivity contribution is 0.174. The molecule has 0 saturated heterocycles. The van der Waals surface area contributed by atoms with Gasteiger partial charge in [0.1, 0.15) is 24.0 Å². The van der Waals surface area contributed by atoms with Crippen molar-refractivity contribution in [2.45, 2.75) is 78.8 Å². The Morgan fingerprint density at radius 3 is 2.53 bits per heavy atom. The molecule has 0 spiro atoms. The molecule has 0 bridgehead atoms. The second kappa shape index (κ2) is 13.5. The van der Waals surface area contributed by atoms with Crippen LogP contribution in [0.1, 0.15) is 67.9 Å². The van der Waals surface area contributed by atoms with E-state index in [0.29, 0.717) is 12.4 Å². The van der Waals surface area contributed by atoms with Crippen LogP contribution in [-0.4, -0.2) is 55.2 Å². The molecule has 0 fully saturated rings. The predicted octanol–water partition coefficient (Wildman–Crippen LogP) is 7.33. The van der Waals surface area contributed by atoms with Crippen LogP contribution < -0.4 is 15.4 Å². The molecule has 2 aliphatic rings. The number of carbonyl (C=O) groups is 1. The number of nitrogens with one attached hydrogen (secondary N) is 2. The molecule has 10 heteroatoms. The molecule has 49 heavy (non-hydrogen) atoms. The van der Waals surface area contributed by atoms with Crippen LogP contribution in [0.15, 0.2) is 66.7 Å². The molecule has 1 aliphatic carbocycles. The van der Waals surface area contributed by atoms with Gasteiger partial charge in [-0.05, 0) is 73.6 Å². The Morgan fingerprint density at radius 1 is 0.939 bits per heavy atom. The fraction of sp³-hybridized carbons (Fsp3) is 0.385. The lowest BCUT2D eigenvalue weighted by Gasteiger charge is -2.28. The van der Waals surface area contributed by atoms with E-state index in [0.717, 1.165) is 91.9 Å². The molecule has 3 aromatic carbocycles. The highest BCUT2D eigenvalue weighted by atomic mass is 16.5. The zero-order valence-electron chi connectivity index (χ0n) is 29.2. The molecule has 5 aromatic rings. The summed E-state index contributed by atoms with van der Waals surface area (Å²) in [6.45, 7) is 14.5. The van der Waals surface area contributed by atoms with Crippen molar-refractivity contribution in [3.8, 4) is 22.8 Å². The number of fused-ring (bicyclic) bond motifs is 2. The molecular formula is C39H46N8O2. The number of benzene rings is 3. The molecule has 0 unspecified atom stereocenters. The van der Waals surface area contributed by atoms with Crippen molar-refractivity contribution in [1.82, 2.24) is 29.4 Å². The van der Waals surface area contributed by atoms with Gasteiger partial charge in [-0.3, -0.25) is 10.2 Å². The maximum atomic E-state index is 13.4. The summed E-state index contributed by atoms with van der Waals surface area (Å²) in [5, 5.41) is 20.2. The molecule has 2 amide bonds. The Labute approximate surface area is 288 Å². The Balaban J connectivity index is 0.990. The third-order valence-electron chi connectivity index (χ3n) is 9.62. The molecule has 7 rings (SSSR count). The molecule has 2 N–H and O–H groups in total. The van der Waals surface area contributed by atoms with Gasteiger partial charge >= 0.3 is 6.03 Å². The van der Waals surface area contributed by atoms with Gasteiger partial charge in [-0.25, -0.2) is 9.48 Å². The Morgan fingerprint density at radius 2 is 1.73 bits per heavy atom. The number of anilines is 2. The van der Waals surface area contributed by atoms with Gasteiger partial charge in [0.2, 0.25) is 0 Å². The van der Waals surface area contributed by atoms with Crippen LogP contribution in [0.4, 0.5) is 16.3 Å². The molecule has 0 saturated carbocycles. The van der Waals surface area contributed by atoms with Gasteiger partial charge in [0, 0.05) is 42.4 Å². The van der Waals surface area contributed by atoms with Gasteiger partial charge in [0.05, 0.1) is 17.9 Å². The van der Waals surface area contributed by atoms with Crippen molar-refractivity contribution in [3.63, 3.8) is 0 Å². The quantitative estimate of drug-likeness (QED) is 0.172. The van der Waals surface area contributed by atoms with Crippen molar-refractivity contribution in [2.75, 3.05) is 30.3 Å². The summed E-state index contributed by atoms with van der Waals surface area (Å²) >= 11 is 0. The highest BCUT2D eigenvalue weighted by molar-refractivity contribution is 6.00. The second-order valence-electron chi connectivity index (χ2n) is 14.1. The molecule has 10 nitrogen and oxygen atoms in total. The number of hydrogen-bond acceptors (Lipinski definition) is 6. The fourth-order valence-electron chi connectivity index (χ4n) is 6.84. The van der Waals surface area contributed by atoms with E-state index >= 15 is 0 Å². The van der Waals surface area contributed by atoms with Gasteiger partial charge in [-0.2, -0.15) is 5.10 Å². The van der Waals surface area contributed by atoms with Crippen molar-refractivity contribution >= 4 is 17.5 Å². The van der Waals surface area contributed by atoms with Crippen LogP contribution in [-0.2, 0) is 37.8 Å². The average Bonchev–Trinajstić information content (AvgIpc) is 3.85. The monoisotopic (exact) mass is 658 g/mol. The van der Waals surface area contributed by atoms with Crippen LogP contribution in [0.2, 0.25) is 0 Å². The maximum Gasteiger partial charge on any atom is 0.324 e. The number of hydrogen-bond donors (Lipinski definition) is 2. The number of ether oxygens (including phenoxy) is 1. The Hall–Kier alpha value is -4.96. The number of nitrogens with zero attached hydrogens (tertiary/aromatic N) is 6. The minimum Gasteiger partial charge on any atom is -0.492 e. The number of rotatable bonds is 9. The van der Waals surface area contributed by atoms with Crippen LogP contribution >= 0.6 is 0 Å². The number of aryl methyl sites for hydroxylation is 2. The van der Waals surface area contributed by atoms with E-state index in [2.05, 4.69) is 89.2 Å². The first-order valence-corrected chi connectivity index (χ1v) is 17.4. The smallest absolute Gasteiger partial charge is 0.324 e. The maximum absolute atomic E-state index is 13.4. The SMILES string of the molecule is CCc1ccccc1-c1nnc2n1CCN(CCOc1ccc(NC(=O)Nc3cc(C(C)(C)C)nn3-c3ccc(C)cc3)c3c1CCC3)C2. The predicted molar refractivity (Wildman–Crippen MR) is 194 cm³/mol. The molecule has 0 radical (unpaired) electrons. The molecule has 1 aliphatic heterocycles. The summed E-state index contributed by atoms with van der Waals surface area (Å²) in [6.07, 6.45) is 3.84. The number of urea groups is 1. The van der Waals surface area contributed by atoms with Crippen molar-refractivity contribution < 1.29 is 9.53 Å². The zero-order chi connectivity index (χ0) is 34.1. The number of amides is 2. The number of aromatic nitrogens is 5. The minimum atomic E-state index is -0.296. The van der Waals surface area contributed by atoms with E-state index in [1.54, 1.807) is 4.68 Å². The highest BCUT2D eigenvalue weighted by Crippen LogP contribution is 2.36. The summed E-state index contributed by atoms with van der Waals surface area (Å²) in [5.41, 5.74) is 8.43. The largest absolute Gasteiger partial charge is 0.492 e. The lowest BCUT2D eigenvalue weighted by Crippen LogP contribution is -2.36. The zero-order valence-corrected chi connectivity index (χ0v) is 29.2. The summed E-state index contributed by atoms with van der Waals surface area (Å²) in [6, 6.07) is 22.2. The van der Waals surface area contributed by atoms with Gasteiger partial charge in [0.25, 0.3) is 0 Å². The first-order chi connectivity index (χ1) is 23.7. The summed E-state index contributed by atoms with van der Waals surface area (Å²) < 4.78 is 10.5. The van der Waals surface area contributed by atoms with Crippen molar-refractivity contribution in [1.29, 1.82) is 0 Å². The van der Waals surface area contributed by atoms with Crippen LogP contribution in [0.25, 0.3) is 17.1 Å². The topological polar surface area (TPSA) is 102 Å². The van der Waals surface area contributed by atoms with Crippen molar-refractivity contribution in [3.05, 3.63) is 101 Å². The molecule has 0 atom stereocenters. The first-order valence-electron chi connectivity index (χ1n) is 17.4. The van der Waals surface area contributed by atoms with Gasteiger partial charge in [0.15, 0.2) is 5.82 Å². The summed E-state index contributed by atoms with van der Waals surface area (Å²) in [5.74, 6) is 3.50. The molecular weight excluding hydrogens is 612 g/mol. The van der Waals surface area contributed by atoms with E-state index in [1.807, 2.05) is 42.5 Å². The molecule has 2 aromatic heterocycles. The summed E-state index contributed by atoms with van der Waals surface area (Å²) in [7, 11) is 0. The molecule has 3 heterocycles. The van der Waals surface area contributed by atoms with Crippen LogP contribution in [0.3, 0.4) is 0 Å². The van der Waals surface area contributed by atoms with E-state index in [1.165, 1.54) is 22.3 Å². The van der Waals surface area contributed by atoms with Gasteiger partial charge in [-0.1, -0.05) is 69.7 Å². The fourth-order valence-corrected chi connectivity index (χ4v) is 6.84. The Kier molecular flexibility index (Phi) is 8.98. The molecule has 254 valence electrons. The average molecular weight is 659 g/mol. The summed E-state index contributed by atoms with van der Waals surface area (Å²) in [4.78, 5) is 15.8. The number of carbonyl (C=O) groups excluding carboxylic acids is 1. The normalized spacial score (nSPS) is 14.4. The first kappa shape index (κ1) is 32.6. The van der Waals surface area contributed by atoms with Crippen LogP contribution in [0, 0.1) is 6.92 Å². The van der Waals surface area contributed by atoms with E-state index in [-0.39, 0.29) is 11.4 Å². The third-order valence-corrected chi connectivity index (χ3v) is 9.62. The van der Waals surface area contributed by atoms with E-state index in [9.17, 15) is 4.79 Å². The van der Waals surface area contributed by atoms with Crippen molar-refractivity contribution in [2.24, 2.45) is 0 Å². The van der Waals surface area contributed by atoms with Gasteiger partial charge in [-0.15, -0.1) is 10.2 Å². The third kappa shape index (κ3) is 6.83. The van der Waals surface area contributed by atoms with E-state index < -0.39 is 0 Å². The second-order valence-corrected chi connectivity index (χ2v) is 14.1. The van der Waals surface area contributed by atoms with E-state index in [4.69, 9.17) is 9.84 Å². The minimum absolute atomic E-state index is 0.169. The standard InChI is InChI=1S/C39H46N8O2/c1-6-27-10-7-8-11-29(27)37-43-42-36-25-45(20-21-46(36)37)22-23-49-33-19-18-32(30-12-9-13-31(30)33)40-38(48)41-35-24-34(39(3,4)5)44-47(35)28-16-14-26(2)15-17-28/h7-8,10-11,14-19,24H,6,9,12-13,20-23,25H2,1-5H3,(H2,40,41,48). The highest BCUT2D eigenvalue weighted by Gasteiger charge is 2.25. The Bertz CT molecular complexity index is 1970. The van der Waals surface area contributed by atoms with Crippen LogP contribution in [0.5, 0.6) is 5.75 Å². The lowest BCUT2D eigenvalue weighted by atomic mass is 9.92. The van der Waals surface area contributed by atoms with Gasteiger partial charge < -0.3 is 14.6 Å².